The molecule has 1 aromatic rings. The van der Waals surface area contributed by atoms with Crippen molar-refractivity contribution < 1.29 is 9.90 Å². The summed E-state index contributed by atoms with van der Waals surface area (Å²) >= 11 is 5.14. The summed E-state index contributed by atoms with van der Waals surface area (Å²) in [4.78, 5) is 14.3. The third kappa shape index (κ3) is 4.08. The molecule has 2 atom stereocenters. The second kappa shape index (κ2) is 6.52. The smallest absolute Gasteiger partial charge is 0.307 e. The molecule has 1 N–H and O–H groups in total. The summed E-state index contributed by atoms with van der Waals surface area (Å²) in [6.45, 7) is 7.38. The number of thiophene rings is 1. The fourth-order valence-corrected chi connectivity index (χ4v) is 3.25. The second-order valence-corrected chi connectivity index (χ2v) is 6.03. The quantitative estimate of drug-likeness (QED) is 0.870. The number of carbonyl (C=O) groups is 1. The first-order chi connectivity index (χ1) is 7.95. The first-order valence-corrected chi connectivity index (χ1v) is 7.33. The Morgan fingerprint density at radius 2 is 2.24 bits per heavy atom. The van der Waals surface area contributed by atoms with Gasteiger partial charge in [-0.1, -0.05) is 13.8 Å². The highest BCUT2D eigenvalue weighted by molar-refractivity contribution is 9.10. The van der Waals surface area contributed by atoms with Crippen molar-refractivity contribution in [1.29, 1.82) is 0 Å². The highest BCUT2D eigenvalue weighted by Gasteiger charge is 2.21. The van der Waals surface area contributed by atoms with Gasteiger partial charge in [-0.25, -0.2) is 0 Å². The Morgan fingerprint density at radius 3 is 2.65 bits per heavy atom. The van der Waals surface area contributed by atoms with Gasteiger partial charge < -0.3 is 5.11 Å². The molecule has 0 aliphatic carbocycles. The average Bonchev–Trinajstić information content (AvgIpc) is 2.71. The molecule has 96 valence electrons. The van der Waals surface area contributed by atoms with Gasteiger partial charge in [-0.05, 0) is 35.5 Å². The van der Waals surface area contributed by atoms with E-state index in [1.54, 1.807) is 18.3 Å². The SMILES string of the molecule is CCN(CC(C)C(=O)O)C(C)c1cc(Br)cs1. The van der Waals surface area contributed by atoms with Gasteiger partial charge in [0.2, 0.25) is 0 Å². The molecule has 0 radical (unpaired) electrons. The number of carboxylic acids is 1. The molecule has 2 unspecified atom stereocenters. The lowest BCUT2D eigenvalue weighted by Crippen LogP contribution is -2.33. The molecule has 0 fully saturated rings. The molecule has 5 heteroatoms. The number of halogens is 1. The zero-order valence-electron chi connectivity index (χ0n) is 10.3. The minimum absolute atomic E-state index is 0.262. The first-order valence-electron chi connectivity index (χ1n) is 5.66. The van der Waals surface area contributed by atoms with Crippen LogP contribution in [0.25, 0.3) is 0 Å². The van der Waals surface area contributed by atoms with Gasteiger partial charge in [0.05, 0.1) is 5.92 Å². The van der Waals surface area contributed by atoms with Gasteiger partial charge in [-0.2, -0.15) is 0 Å². The van der Waals surface area contributed by atoms with Crippen LogP contribution in [0.5, 0.6) is 0 Å². The maximum absolute atomic E-state index is 10.9. The normalized spacial score (nSPS) is 14.9. The zero-order chi connectivity index (χ0) is 13.0. The molecule has 0 aliphatic heterocycles. The van der Waals surface area contributed by atoms with E-state index in [1.807, 2.05) is 0 Å². The Balaban J connectivity index is 2.70. The maximum Gasteiger partial charge on any atom is 0.307 e. The van der Waals surface area contributed by atoms with E-state index in [4.69, 9.17) is 5.11 Å². The van der Waals surface area contributed by atoms with Crippen LogP contribution in [-0.4, -0.2) is 29.1 Å². The Morgan fingerprint density at radius 1 is 1.59 bits per heavy atom. The summed E-state index contributed by atoms with van der Waals surface area (Å²) in [7, 11) is 0. The van der Waals surface area contributed by atoms with Gasteiger partial charge in [-0.3, -0.25) is 9.69 Å². The monoisotopic (exact) mass is 319 g/mol. The number of hydrogen-bond acceptors (Lipinski definition) is 3. The molecule has 1 heterocycles. The fraction of sp³-hybridized carbons (Fsp3) is 0.583. The average molecular weight is 320 g/mol. The van der Waals surface area contributed by atoms with Gasteiger partial charge in [-0.15, -0.1) is 11.3 Å². The highest BCUT2D eigenvalue weighted by atomic mass is 79.9. The summed E-state index contributed by atoms with van der Waals surface area (Å²) in [5.74, 6) is -1.07. The minimum atomic E-state index is -0.733. The first kappa shape index (κ1) is 14.7. The van der Waals surface area contributed by atoms with E-state index in [9.17, 15) is 4.79 Å². The number of aliphatic carboxylic acids is 1. The molecular formula is C12H18BrNO2S. The summed E-state index contributed by atoms with van der Waals surface area (Å²) in [6, 6.07) is 2.36. The molecule has 0 bridgehead atoms. The minimum Gasteiger partial charge on any atom is -0.481 e. The van der Waals surface area contributed by atoms with Crippen LogP contribution < -0.4 is 0 Å². The Labute approximate surface area is 115 Å². The van der Waals surface area contributed by atoms with Crippen molar-refractivity contribution in [1.82, 2.24) is 4.90 Å². The van der Waals surface area contributed by atoms with E-state index in [2.05, 4.69) is 46.1 Å². The zero-order valence-corrected chi connectivity index (χ0v) is 12.7. The lowest BCUT2D eigenvalue weighted by Gasteiger charge is -2.28. The molecular weight excluding hydrogens is 302 g/mol. The van der Waals surface area contributed by atoms with E-state index in [0.717, 1.165) is 11.0 Å². The van der Waals surface area contributed by atoms with Crippen LogP contribution in [0.4, 0.5) is 0 Å². The summed E-state index contributed by atoms with van der Waals surface area (Å²) in [5, 5.41) is 11.0. The molecule has 0 spiro atoms. The van der Waals surface area contributed by atoms with E-state index >= 15 is 0 Å². The molecule has 0 amide bonds. The van der Waals surface area contributed by atoms with Crippen LogP contribution in [0.15, 0.2) is 15.9 Å². The third-order valence-corrected chi connectivity index (χ3v) is 4.75. The van der Waals surface area contributed by atoms with Crippen molar-refractivity contribution in [2.45, 2.75) is 26.8 Å². The molecule has 0 aliphatic rings. The fourth-order valence-electron chi connectivity index (χ4n) is 1.72. The maximum atomic E-state index is 10.9. The van der Waals surface area contributed by atoms with Crippen molar-refractivity contribution in [3.63, 3.8) is 0 Å². The molecule has 3 nitrogen and oxygen atoms in total. The van der Waals surface area contributed by atoms with Crippen molar-refractivity contribution in [3.8, 4) is 0 Å². The molecule has 1 rings (SSSR count). The Kier molecular flexibility index (Phi) is 5.62. The predicted octanol–water partition coefficient (Wildman–Crippen LogP) is 3.61. The molecule has 0 aromatic carbocycles. The highest BCUT2D eigenvalue weighted by Crippen LogP contribution is 2.29. The van der Waals surface area contributed by atoms with Crippen LogP contribution >= 0.6 is 27.3 Å². The lowest BCUT2D eigenvalue weighted by atomic mass is 10.1. The Hall–Kier alpha value is -0.390. The van der Waals surface area contributed by atoms with Crippen molar-refractivity contribution in [2.24, 2.45) is 5.92 Å². The van der Waals surface area contributed by atoms with Gasteiger partial charge in [0.1, 0.15) is 0 Å². The van der Waals surface area contributed by atoms with Crippen LogP contribution in [-0.2, 0) is 4.79 Å². The van der Waals surface area contributed by atoms with E-state index in [1.165, 1.54) is 4.88 Å². The number of hydrogen-bond donors (Lipinski definition) is 1. The number of nitrogens with zero attached hydrogens (tertiary/aromatic N) is 1. The van der Waals surface area contributed by atoms with Crippen molar-refractivity contribution >= 4 is 33.2 Å². The topological polar surface area (TPSA) is 40.5 Å². The van der Waals surface area contributed by atoms with Gasteiger partial charge in [0, 0.05) is 27.3 Å². The van der Waals surface area contributed by atoms with E-state index < -0.39 is 5.97 Å². The van der Waals surface area contributed by atoms with E-state index in [-0.39, 0.29) is 12.0 Å². The number of rotatable bonds is 6. The van der Waals surface area contributed by atoms with Crippen LogP contribution in [0.3, 0.4) is 0 Å². The molecule has 0 saturated carbocycles. The molecule has 0 saturated heterocycles. The van der Waals surface area contributed by atoms with Gasteiger partial charge in [0.15, 0.2) is 0 Å². The third-order valence-electron chi connectivity index (χ3n) is 2.88. The second-order valence-electron chi connectivity index (χ2n) is 4.17. The van der Waals surface area contributed by atoms with Crippen LogP contribution in [0.2, 0.25) is 0 Å². The Bertz CT molecular complexity index is 380. The van der Waals surface area contributed by atoms with E-state index in [0.29, 0.717) is 6.54 Å². The van der Waals surface area contributed by atoms with Crippen molar-refractivity contribution in [3.05, 3.63) is 20.8 Å². The van der Waals surface area contributed by atoms with Crippen LogP contribution in [0, 0.1) is 5.92 Å². The van der Waals surface area contributed by atoms with Crippen molar-refractivity contribution in [2.75, 3.05) is 13.1 Å². The molecule has 1 aromatic heterocycles. The standard InChI is InChI=1S/C12H18BrNO2S/c1-4-14(6-8(2)12(15)16)9(3)11-5-10(13)7-17-11/h5,7-9H,4,6H2,1-3H3,(H,15,16). The van der Waals surface area contributed by atoms with Gasteiger partial charge >= 0.3 is 5.97 Å². The summed E-state index contributed by atoms with van der Waals surface area (Å²) in [6.07, 6.45) is 0. The predicted molar refractivity (Wildman–Crippen MR) is 74.5 cm³/mol. The van der Waals surface area contributed by atoms with Crippen LogP contribution in [0.1, 0.15) is 31.7 Å². The summed E-state index contributed by atoms with van der Waals surface area (Å²) in [5.41, 5.74) is 0. The van der Waals surface area contributed by atoms with Gasteiger partial charge in [0.25, 0.3) is 0 Å². The lowest BCUT2D eigenvalue weighted by molar-refractivity contribution is -0.141. The summed E-state index contributed by atoms with van der Waals surface area (Å²) < 4.78 is 1.09. The largest absolute Gasteiger partial charge is 0.481 e. The number of carboxylic acid groups (broad SMARTS) is 1. The molecule has 17 heavy (non-hydrogen) atoms.